The van der Waals surface area contributed by atoms with Crippen molar-refractivity contribution in [3.63, 3.8) is 0 Å². The number of aldehydes is 1. The molecule has 0 bridgehead atoms. The summed E-state index contributed by atoms with van der Waals surface area (Å²) >= 11 is 0. The minimum absolute atomic E-state index is 0.166. The number of rotatable bonds is 3. The summed E-state index contributed by atoms with van der Waals surface area (Å²) in [6, 6.07) is 4.87. The van der Waals surface area contributed by atoms with Crippen LogP contribution in [0, 0.1) is 11.7 Å². The molecule has 0 spiro atoms. The molecular weight excluding hydrogens is 219 g/mol. The van der Waals surface area contributed by atoms with Gasteiger partial charge >= 0.3 is 0 Å². The lowest BCUT2D eigenvalue weighted by Gasteiger charge is -2.26. The number of hydrogen-bond donors (Lipinski definition) is 0. The summed E-state index contributed by atoms with van der Waals surface area (Å²) < 4.78 is 18.9. The Morgan fingerprint density at radius 2 is 2.00 bits per heavy atom. The number of carbonyl (C=O) groups is 1. The van der Waals surface area contributed by atoms with Crippen molar-refractivity contribution >= 4 is 6.29 Å². The molecule has 0 aliphatic heterocycles. The lowest BCUT2D eigenvalue weighted by atomic mass is 9.79. The highest BCUT2D eigenvalue weighted by Gasteiger charge is 2.24. The second kappa shape index (κ2) is 5.30. The van der Waals surface area contributed by atoms with Gasteiger partial charge in [-0.25, -0.2) is 4.39 Å². The van der Waals surface area contributed by atoms with Gasteiger partial charge in [-0.15, -0.1) is 0 Å². The van der Waals surface area contributed by atoms with Crippen molar-refractivity contribution in [2.75, 3.05) is 7.11 Å². The van der Waals surface area contributed by atoms with E-state index in [1.807, 2.05) is 0 Å². The highest BCUT2D eigenvalue weighted by atomic mass is 19.1. The third-order valence-electron chi connectivity index (χ3n) is 3.61. The van der Waals surface area contributed by atoms with Crippen molar-refractivity contribution in [1.29, 1.82) is 0 Å². The van der Waals surface area contributed by atoms with E-state index in [0.29, 0.717) is 5.75 Å². The number of methoxy groups -OCH3 is 1. The Balaban J connectivity index is 2.14. The molecule has 3 heteroatoms. The zero-order valence-corrected chi connectivity index (χ0v) is 9.99. The molecule has 92 valence electrons. The van der Waals surface area contributed by atoms with Crippen LogP contribution in [0.4, 0.5) is 4.39 Å². The topological polar surface area (TPSA) is 26.3 Å². The van der Waals surface area contributed by atoms with Crippen LogP contribution in [-0.4, -0.2) is 13.4 Å². The second-order valence-corrected chi connectivity index (χ2v) is 4.64. The standard InChI is InChI=1S/C14H17FO2/c1-17-12-6-7-14(15)13(8-12)11-4-2-10(9-16)3-5-11/h6-11H,2-5H2,1H3/t10-,11-. The maximum atomic E-state index is 13.7. The summed E-state index contributed by atoms with van der Waals surface area (Å²) in [6.07, 6.45) is 4.52. The van der Waals surface area contributed by atoms with Crippen molar-refractivity contribution < 1.29 is 13.9 Å². The molecule has 1 fully saturated rings. The van der Waals surface area contributed by atoms with Crippen molar-refractivity contribution in [3.05, 3.63) is 29.6 Å². The van der Waals surface area contributed by atoms with Gasteiger partial charge in [0.05, 0.1) is 7.11 Å². The Hall–Kier alpha value is -1.38. The van der Waals surface area contributed by atoms with Gasteiger partial charge in [0.15, 0.2) is 0 Å². The van der Waals surface area contributed by atoms with Gasteiger partial charge in [0.1, 0.15) is 17.9 Å². The first-order chi connectivity index (χ1) is 8.24. The van der Waals surface area contributed by atoms with Gasteiger partial charge in [-0.05, 0) is 55.4 Å². The lowest BCUT2D eigenvalue weighted by molar-refractivity contribution is -0.111. The Kier molecular flexibility index (Phi) is 3.77. The van der Waals surface area contributed by atoms with Crippen molar-refractivity contribution in [2.24, 2.45) is 5.92 Å². The Morgan fingerprint density at radius 1 is 1.29 bits per heavy atom. The molecule has 2 nitrogen and oxygen atoms in total. The maximum Gasteiger partial charge on any atom is 0.126 e. The minimum atomic E-state index is -0.166. The maximum absolute atomic E-state index is 13.7. The van der Waals surface area contributed by atoms with Crippen LogP contribution in [0.15, 0.2) is 18.2 Å². The fraction of sp³-hybridized carbons (Fsp3) is 0.500. The zero-order valence-electron chi connectivity index (χ0n) is 9.99. The molecule has 17 heavy (non-hydrogen) atoms. The highest BCUT2D eigenvalue weighted by molar-refractivity contribution is 5.53. The predicted molar refractivity (Wildman–Crippen MR) is 63.7 cm³/mol. The van der Waals surface area contributed by atoms with E-state index in [1.165, 1.54) is 6.07 Å². The van der Waals surface area contributed by atoms with Crippen LogP contribution in [0.2, 0.25) is 0 Å². The van der Waals surface area contributed by atoms with Crippen LogP contribution in [0.5, 0.6) is 5.75 Å². The molecule has 0 heterocycles. The van der Waals surface area contributed by atoms with Gasteiger partial charge in [-0.2, -0.15) is 0 Å². The van der Waals surface area contributed by atoms with Gasteiger partial charge in [-0.3, -0.25) is 0 Å². The molecule has 0 radical (unpaired) electrons. The molecule has 0 saturated heterocycles. The van der Waals surface area contributed by atoms with Gasteiger partial charge in [0.2, 0.25) is 0 Å². The number of benzene rings is 1. The van der Waals surface area contributed by atoms with Gasteiger partial charge in [-0.1, -0.05) is 0 Å². The normalized spacial score (nSPS) is 24.4. The summed E-state index contributed by atoms with van der Waals surface area (Å²) in [6.45, 7) is 0. The quantitative estimate of drug-likeness (QED) is 0.753. The van der Waals surface area contributed by atoms with E-state index in [1.54, 1.807) is 19.2 Å². The minimum Gasteiger partial charge on any atom is -0.497 e. The first-order valence-electron chi connectivity index (χ1n) is 6.03. The van der Waals surface area contributed by atoms with Crippen LogP contribution >= 0.6 is 0 Å². The smallest absolute Gasteiger partial charge is 0.126 e. The number of ether oxygens (including phenoxy) is 1. The number of halogens is 1. The predicted octanol–water partition coefficient (Wildman–Crippen LogP) is 3.31. The Morgan fingerprint density at radius 3 is 2.59 bits per heavy atom. The van der Waals surface area contributed by atoms with E-state index in [-0.39, 0.29) is 17.7 Å². The first kappa shape index (κ1) is 12.1. The molecule has 2 rings (SSSR count). The largest absolute Gasteiger partial charge is 0.497 e. The molecular formula is C14H17FO2. The van der Waals surface area contributed by atoms with Gasteiger partial charge in [0.25, 0.3) is 0 Å². The molecule has 0 amide bonds. The molecule has 0 unspecified atom stereocenters. The molecule has 1 aromatic carbocycles. The van der Waals surface area contributed by atoms with E-state index in [9.17, 15) is 9.18 Å². The molecule has 0 atom stereocenters. The van der Waals surface area contributed by atoms with Crippen molar-refractivity contribution in [3.8, 4) is 5.75 Å². The Labute approximate surface area is 101 Å². The summed E-state index contributed by atoms with van der Waals surface area (Å²) in [4.78, 5) is 10.7. The lowest BCUT2D eigenvalue weighted by Crippen LogP contribution is -2.15. The third kappa shape index (κ3) is 2.65. The average Bonchev–Trinajstić information content (AvgIpc) is 2.39. The summed E-state index contributed by atoms with van der Waals surface area (Å²) in [5.74, 6) is 0.917. The zero-order chi connectivity index (χ0) is 12.3. The SMILES string of the molecule is COc1ccc(F)c([C@H]2CC[C@H](C=O)CC2)c1. The third-order valence-corrected chi connectivity index (χ3v) is 3.61. The van der Waals surface area contributed by atoms with Crippen LogP contribution in [0.25, 0.3) is 0 Å². The summed E-state index contributed by atoms with van der Waals surface area (Å²) in [7, 11) is 1.58. The molecule has 1 aliphatic carbocycles. The average molecular weight is 236 g/mol. The van der Waals surface area contributed by atoms with Crippen LogP contribution < -0.4 is 4.74 Å². The highest BCUT2D eigenvalue weighted by Crippen LogP contribution is 2.37. The fourth-order valence-corrected chi connectivity index (χ4v) is 2.53. The number of hydrogen-bond acceptors (Lipinski definition) is 2. The summed E-state index contributed by atoms with van der Waals surface area (Å²) in [5.41, 5.74) is 0.730. The van der Waals surface area contributed by atoms with E-state index in [0.717, 1.165) is 37.5 Å². The monoisotopic (exact) mass is 236 g/mol. The van der Waals surface area contributed by atoms with Crippen molar-refractivity contribution in [1.82, 2.24) is 0 Å². The van der Waals surface area contributed by atoms with E-state index in [2.05, 4.69) is 0 Å². The molecule has 1 saturated carbocycles. The Bertz CT molecular complexity index is 395. The molecule has 0 N–H and O–H groups in total. The van der Waals surface area contributed by atoms with Crippen LogP contribution in [0.1, 0.15) is 37.2 Å². The van der Waals surface area contributed by atoms with Crippen molar-refractivity contribution in [2.45, 2.75) is 31.6 Å². The molecule has 0 aromatic heterocycles. The molecule has 1 aromatic rings. The van der Waals surface area contributed by atoms with E-state index < -0.39 is 0 Å². The first-order valence-corrected chi connectivity index (χ1v) is 6.03. The van der Waals surface area contributed by atoms with Crippen LogP contribution in [-0.2, 0) is 4.79 Å². The van der Waals surface area contributed by atoms with E-state index in [4.69, 9.17) is 4.74 Å². The van der Waals surface area contributed by atoms with Crippen LogP contribution in [0.3, 0.4) is 0 Å². The van der Waals surface area contributed by atoms with E-state index >= 15 is 0 Å². The van der Waals surface area contributed by atoms with Gasteiger partial charge in [0, 0.05) is 5.92 Å². The fourth-order valence-electron chi connectivity index (χ4n) is 2.53. The summed E-state index contributed by atoms with van der Waals surface area (Å²) in [5, 5.41) is 0. The van der Waals surface area contributed by atoms with Gasteiger partial charge < -0.3 is 9.53 Å². The number of carbonyl (C=O) groups excluding carboxylic acids is 1. The second-order valence-electron chi connectivity index (χ2n) is 4.64. The molecule has 1 aliphatic rings.